The number of halogens is 1. The fourth-order valence-corrected chi connectivity index (χ4v) is 3.23. The number of hydrogen-bond donors (Lipinski definition) is 2. The first kappa shape index (κ1) is 14.7. The van der Waals surface area contributed by atoms with Crippen molar-refractivity contribution in [2.24, 2.45) is 0 Å². The molecular formula is C19H16IN3. The summed E-state index contributed by atoms with van der Waals surface area (Å²) in [5, 5.41) is 3.48. The average molecular weight is 413 g/mol. The Kier molecular flexibility index (Phi) is 4.06. The first-order valence-corrected chi connectivity index (χ1v) is 8.86. The maximum absolute atomic E-state index is 4.70. The van der Waals surface area contributed by atoms with Gasteiger partial charge in [0, 0.05) is 14.7 Å². The van der Waals surface area contributed by atoms with Crippen LogP contribution in [-0.2, 0) is 0 Å². The predicted molar refractivity (Wildman–Crippen MR) is 101 cm³/mol. The van der Waals surface area contributed by atoms with Crippen molar-refractivity contribution < 1.29 is 0 Å². The molecule has 0 saturated carbocycles. The Hall–Kier alpha value is -1.84. The number of aromatic nitrogens is 2. The van der Waals surface area contributed by atoms with Gasteiger partial charge < -0.3 is 10.3 Å². The van der Waals surface area contributed by atoms with Crippen molar-refractivity contribution >= 4 is 33.6 Å². The highest BCUT2D eigenvalue weighted by Crippen LogP contribution is 2.23. The third-order valence-corrected chi connectivity index (χ3v) is 4.81. The lowest BCUT2D eigenvalue weighted by atomic mass is 10.1. The fourth-order valence-electron chi connectivity index (χ4n) is 2.87. The third kappa shape index (κ3) is 3.26. The van der Waals surface area contributed by atoms with Gasteiger partial charge in [-0.2, -0.15) is 0 Å². The Morgan fingerprint density at radius 2 is 1.83 bits per heavy atom. The van der Waals surface area contributed by atoms with Gasteiger partial charge in [0.2, 0.25) is 0 Å². The van der Waals surface area contributed by atoms with Crippen molar-refractivity contribution in [3.05, 3.63) is 63.0 Å². The topological polar surface area (TPSA) is 40.7 Å². The molecular weight excluding hydrogens is 397 g/mol. The lowest BCUT2D eigenvalue weighted by Gasteiger charge is -2.04. The number of nitrogens with one attached hydrogen (secondary N) is 2. The molecule has 3 nitrogen and oxygen atoms in total. The molecule has 3 aromatic rings. The van der Waals surface area contributed by atoms with Crippen molar-refractivity contribution in [3.63, 3.8) is 0 Å². The van der Waals surface area contributed by atoms with Crippen LogP contribution < -0.4 is 5.32 Å². The molecule has 2 aromatic carbocycles. The maximum Gasteiger partial charge on any atom is 0.124 e. The molecule has 2 N–H and O–H groups in total. The first-order chi connectivity index (χ1) is 11.3. The molecule has 1 aliphatic rings. The summed E-state index contributed by atoms with van der Waals surface area (Å²) in [7, 11) is 0. The Morgan fingerprint density at radius 1 is 1.04 bits per heavy atom. The molecule has 0 aliphatic carbocycles. The summed E-state index contributed by atoms with van der Waals surface area (Å²) in [5.74, 6) is 7.49. The first-order valence-electron chi connectivity index (χ1n) is 7.78. The molecule has 23 heavy (non-hydrogen) atoms. The molecule has 114 valence electrons. The molecule has 2 heterocycles. The van der Waals surface area contributed by atoms with Crippen LogP contribution in [0.5, 0.6) is 0 Å². The van der Waals surface area contributed by atoms with Crippen LogP contribution in [0.4, 0.5) is 0 Å². The zero-order valence-electron chi connectivity index (χ0n) is 12.6. The molecule has 1 fully saturated rings. The van der Waals surface area contributed by atoms with Crippen molar-refractivity contribution in [1.82, 2.24) is 15.3 Å². The number of H-pyrrole nitrogens is 1. The van der Waals surface area contributed by atoms with E-state index >= 15 is 0 Å². The molecule has 0 spiro atoms. The number of aromatic amines is 1. The van der Waals surface area contributed by atoms with Gasteiger partial charge in [-0.05, 0) is 84.4 Å². The summed E-state index contributed by atoms with van der Waals surface area (Å²) >= 11 is 2.30. The zero-order valence-corrected chi connectivity index (χ0v) is 14.7. The highest BCUT2D eigenvalue weighted by atomic mass is 127. The van der Waals surface area contributed by atoms with Crippen molar-refractivity contribution in [2.75, 3.05) is 6.54 Å². The number of rotatable bonds is 1. The van der Waals surface area contributed by atoms with Crippen molar-refractivity contribution in [3.8, 4) is 11.8 Å². The van der Waals surface area contributed by atoms with Gasteiger partial charge in [0.25, 0.3) is 0 Å². The second-order valence-electron chi connectivity index (χ2n) is 5.76. The minimum absolute atomic E-state index is 0.365. The van der Waals surface area contributed by atoms with Gasteiger partial charge in [0.1, 0.15) is 5.82 Å². The Morgan fingerprint density at radius 3 is 2.61 bits per heavy atom. The van der Waals surface area contributed by atoms with E-state index in [4.69, 9.17) is 4.98 Å². The smallest absolute Gasteiger partial charge is 0.124 e. The largest absolute Gasteiger partial charge is 0.341 e. The molecule has 0 radical (unpaired) electrons. The highest BCUT2D eigenvalue weighted by molar-refractivity contribution is 14.1. The third-order valence-electron chi connectivity index (χ3n) is 4.09. The summed E-state index contributed by atoms with van der Waals surface area (Å²) in [6.07, 6.45) is 2.37. The summed E-state index contributed by atoms with van der Waals surface area (Å²) in [5.41, 5.74) is 4.10. The van der Waals surface area contributed by atoms with Crippen LogP contribution in [0.2, 0.25) is 0 Å². The summed E-state index contributed by atoms with van der Waals surface area (Å²) in [4.78, 5) is 8.14. The van der Waals surface area contributed by atoms with Crippen LogP contribution in [-0.4, -0.2) is 16.5 Å². The minimum atomic E-state index is 0.365. The van der Waals surface area contributed by atoms with Crippen molar-refractivity contribution in [1.29, 1.82) is 0 Å². The Balaban J connectivity index is 1.62. The normalized spacial score (nSPS) is 17.2. The number of fused-ring (bicyclic) bond motifs is 1. The van der Waals surface area contributed by atoms with E-state index in [9.17, 15) is 0 Å². The molecule has 1 saturated heterocycles. The molecule has 1 aromatic heterocycles. The van der Waals surface area contributed by atoms with Gasteiger partial charge in [-0.3, -0.25) is 0 Å². The highest BCUT2D eigenvalue weighted by Gasteiger charge is 2.19. The van der Waals surface area contributed by atoms with E-state index in [1.165, 1.54) is 9.99 Å². The van der Waals surface area contributed by atoms with Gasteiger partial charge in [-0.15, -0.1) is 0 Å². The van der Waals surface area contributed by atoms with Crippen LogP contribution in [0.1, 0.15) is 35.8 Å². The minimum Gasteiger partial charge on any atom is -0.341 e. The molecule has 0 bridgehead atoms. The van der Waals surface area contributed by atoms with Crippen molar-refractivity contribution in [2.45, 2.75) is 18.9 Å². The monoisotopic (exact) mass is 413 g/mol. The molecule has 0 amide bonds. The fraction of sp³-hybridized carbons (Fsp3) is 0.211. The van der Waals surface area contributed by atoms with E-state index < -0.39 is 0 Å². The van der Waals surface area contributed by atoms with Crippen LogP contribution in [0.25, 0.3) is 11.0 Å². The Bertz CT molecular complexity index is 894. The van der Waals surface area contributed by atoms with Crippen LogP contribution >= 0.6 is 22.6 Å². The quantitative estimate of drug-likeness (QED) is 0.468. The number of nitrogens with zero attached hydrogens (tertiary/aromatic N) is 1. The summed E-state index contributed by atoms with van der Waals surface area (Å²) in [6.45, 7) is 1.08. The summed E-state index contributed by atoms with van der Waals surface area (Å²) in [6, 6.07) is 14.8. The predicted octanol–water partition coefficient (Wildman–Crippen LogP) is 3.99. The second-order valence-corrected chi connectivity index (χ2v) is 7.01. The van der Waals surface area contributed by atoms with Gasteiger partial charge in [-0.25, -0.2) is 4.98 Å². The maximum atomic E-state index is 4.70. The number of benzene rings is 2. The summed E-state index contributed by atoms with van der Waals surface area (Å²) < 4.78 is 1.22. The average Bonchev–Trinajstić information content (AvgIpc) is 3.23. The molecule has 1 atom stereocenters. The van der Waals surface area contributed by atoms with Gasteiger partial charge in [-0.1, -0.05) is 11.8 Å². The number of hydrogen-bond acceptors (Lipinski definition) is 2. The SMILES string of the molecule is Ic1ccc(C#Cc2ccc3nc(C4CCCN4)[nH]c3c2)cc1. The Labute approximate surface area is 149 Å². The zero-order chi connectivity index (χ0) is 15.6. The van der Waals surface area contributed by atoms with E-state index in [2.05, 4.69) is 62.9 Å². The molecule has 1 unspecified atom stereocenters. The standard InChI is InChI=1S/C19H16IN3/c20-15-8-5-13(6-9-15)3-4-14-7-10-16-18(12-14)23-19(22-16)17-2-1-11-21-17/h5-10,12,17,21H,1-2,11H2,(H,22,23). The van der Waals surface area contributed by atoms with E-state index in [-0.39, 0.29) is 0 Å². The van der Waals surface area contributed by atoms with Gasteiger partial charge >= 0.3 is 0 Å². The lowest BCUT2D eigenvalue weighted by Crippen LogP contribution is -2.13. The molecule has 4 heteroatoms. The molecule has 1 aliphatic heterocycles. The van der Waals surface area contributed by atoms with Crippen LogP contribution in [0, 0.1) is 15.4 Å². The lowest BCUT2D eigenvalue weighted by molar-refractivity contribution is 0.614. The van der Waals surface area contributed by atoms with Crippen LogP contribution in [0.3, 0.4) is 0 Å². The van der Waals surface area contributed by atoms with E-state index in [0.717, 1.165) is 41.0 Å². The second kappa shape index (κ2) is 6.34. The van der Waals surface area contributed by atoms with Crippen LogP contribution in [0.15, 0.2) is 42.5 Å². The van der Waals surface area contributed by atoms with E-state index in [0.29, 0.717) is 6.04 Å². The van der Waals surface area contributed by atoms with Gasteiger partial charge in [0.15, 0.2) is 0 Å². The van der Waals surface area contributed by atoms with E-state index in [1.54, 1.807) is 0 Å². The van der Waals surface area contributed by atoms with E-state index in [1.807, 2.05) is 24.3 Å². The van der Waals surface area contributed by atoms with Gasteiger partial charge in [0.05, 0.1) is 17.1 Å². The number of imidazole rings is 1. The molecule has 4 rings (SSSR count).